The summed E-state index contributed by atoms with van der Waals surface area (Å²) in [6, 6.07) is 11.7. The molecule has 1 atom stereocenters. The Kier molecular flexibility index (Phi) is 3.51. The number of ketones is 1. The van der Waals surface area contributed by atoms with Crippen LogP contribution in [0.3, 0.4) is 0 Å². The fourth-order valence-corrected chi connectivity index (χ4v) is 3.31. The fraction of sp³-hybridized carbons (Fsp3) is 0.368. The average Bonchev–Trinajstić information content (AvgIpc) is 2.52. The van der Waals surface area contributed by atoms with Crippen molar-refractivity contribution in [3.05, 3.63) is 47.7 Å². The third-order valence-electron chi connectivity index (χ3n) is 4.43. The average molecular weight is 295 g/mol. The number of benzene rings is 1. The second-order valence-corrected chi connectivity index (χ2v) is 6.68. The monoisotopic (exact) mass is 295 g/mol. The summed E-state index contributed by atoms with van der Waals surface area (Å²) < 4.78 is 5.27. The quantitative estimate of drug-likeness (QED) is 0.820. The SMILES string of the molecule is COc1cccc(-c2ccc3c(n2)C(C)CC(C)(C)C3=O)c1. The maximum Gasteiger partial charge on any atom is 0.170 e. The van der Waals surface area contributed by atoms with Crippen LogP contribution >= 0.6 is 0 Å². The van der Waals surface area contributed by atoms with Gasteiger partial charge in [0.1, 0.15) is 5.75 Å². The predicted molar refractivity (Wildman–Crippen MR) is 87.4 cm³/mol. The summed E-state index contributed by atoms with van der Waals surface area (Å²) >= 11 is 0. The Morgan fingerprint density at radius 2 is 2.00 bits per heavy atom. The normalized spacial score (nSPS) is 19.6. The molecule has 1 unspecified atom stereocenters. The minimum Gasteiger partial charge on any atom is -0.497 e. The zero-order chi connectivity index (χ0) is 15.9. The van der Waals surface area contributed by atoms with Crippen LogP contribution in [0.1, 0.15) is 49.2 Å². The molecule has 3 rings (SSSR count). The van der Waals surface area contributed by atoms with Gasteiger partial charge in [0.25, 0.3) is 0 Å². The third-order valence-corrected chi connectivity index (χ3v) is 4.43. The van der Waals surface area contributed by atoms with Crippen LogP contribution in [0.5, 0.6) is 5.75 Å². The highest BCUT2D eigenvalue weighted by Crippen LogP contribution is 2.41. The number of nitrogens with zero attached hydrogens (tertiary/aromatic N) is 1. The van der Waals surface area contributed by atoms with E-state index in [1.807, 2.05) is 50.2 Å². The molecule has 1 aliphatic carbocycles. The second kappa shape index (κ2) is 5.24. The lowest BCUT2D eigenvalue weighted by Gasteiger charge is -2.33. The van der Waals surface area contributed by atoms with E-state index in [2.05, 4.69) is 6.92 Å². The van der Waals surface area contributed by atoms with Gasteiger partial charge in [-0.2, -0.15) is 0 Å². The maximum atomic E-state index is 12.6. The van der Waals surface area contributed by atoms with Gasteiger partial charge >= 0.3 is 0 Å². The van der Waals surface area contributed by atoms with Crippen LogP contribution in [0.25, 0.3) is 11.3 Å². The molecule has 22 heavy (non-hydrogen) atoms. The molecular weight excluding hydrogens is 274 g/mol. The van der Waals surface area contributed by atoms with Gasteiger partial charge < -0.3 is 4.74 Å². The lowest BCUT2D eigenvalue weighted by atomic mass is 9.70. The number of carbonyl (C=O) groups is 1. The van der Waals surface area contributed by atoms with Gasteiger partial charge in [-0.05, 0) is 30.7 Å². The highest BCUT2D eigenvalue weighted by Gasteiger charge is 2.38. The van der Waals surface area contributed by atoms with Crippen molar-refractivity contribution >= 4 is 5.78 Å². The molecule has 0 radical (unpaired) electrons. The molecule has 1 aliphatic rings. The molecule has 3 heteroatoms. The molecule has 1 aromatic heterocycles. The molecule has 2 aromatic rings. The summed E-state index contributed by atoms with van der Waals surface area (Å²) in [5.74, 6) is 1.29. The van der Waals surface area contributed by atoms with Crippen LogP contribution in [0.4, 0.5) is 0 Å². The third kappa shape index (κ3) is 2.41. The molecule has 1 heterocycles. The summed E-state index contributed by atoms with van der Waals surface area (Å²) in [7, 11) is 1.65. The number of Topliss-reactive ketones (excluding diaryl/α,β-unsaturated/α-hetero) is 1. The number of methoxy groups -OCH3 is 1. The van der Waals surface area contributed by atoms with E-state index in [1.165, 1.54) is 0 Å². The Morgan fingerprint density at radius 3 is 2.73 bits per heavy atom. The molecule has 0 saturated heterocycles. The molecule has 3 nitrogen and oxygen atoms in total. The van der Waals surface area contributed by atoms with Crippen molar-refractivity contribution in [2.24, 2.45) is 5.41 Å². The summed E-state index contributed by atoms with van der Waals surface area (Å²) in [6.45, 7) is 6.19. The van der Waals surface area contributed by atoms with Crippen molar-refractivity contribution in [1.82, 2.24) is 4.98 Å². The van der Waals surface area contributed by atoms with Crippen molar-refractivity contribution in [1.29, 1.82) is 0 Å². The van der Waals surface area contributed by atoms with E-state index in [0.29, 0.717) is 0 Å². The number of carbonyl (C=O) groups excluding carboxylic acids is 1. The van der Waals surface area contributed by atoms with E-state index in [4.69, 9.17) is 9.72 Å². The molecule has 0 fully saturated rings. The Hall–Kier alpha value is -2.16. The molecule has 0 N–H and O–H groups in total. The minimum absolute atomic E-state index is 0.199. The minimum atomic E-state index is -0.300. The van der Waals surface area contributed by atoms with Gasteiger partial charge in [-0.1, -0.05) is 32.9 Å². The first-order valence-electron chi connectivity index (χ1n) is 7.62. The van der Waals surface area contributed by atoms with E-state index in [9.17, 15) is 4.79 Å². The second-order valence-electron chi connectivity index (χ2n) is 6.68. The zero-order valence-corrected chi connectivity index (χ0v) is 13.5. The predicted octanol–water partition coefficient (Wildman–Crippen LogP) is 4.47. The van der Waals surface area contributed by atoms with E-state index in [-0.39, 0.29) is 17.1 Å². The highest BCUT2D eigenvalue weighted by molar-refractivity contribution is 6.02. The number of hydrogen-bond acceptors (Lipinski definition) is 3. The molecule has 0 aliphatic heterocycles. The first-order chi connectivity index (χ1) is 10.4. The zero-order valence-electron chi connectivity index (χ0n) is 13.5. The lowest BCUT2D eigenvalue weighted by molar-refractivity contribution is 0.0795. The smallest absolute Gasteiger partial charge is 0.170 e. The van der Waals surface area contributed by atoms with Gasteiger partial charge in [-0.3, -0.25) is 9.78 Å². The van der Waals surface area contributed by atoms with Gasteiger partial charge in [0.2, 0.25) is 0 Å². The molecule has 0 saturated carbocycles. The molecule has 114 valence electrons. The fourth-order valence-electron chi connectivity index (χ4n) is 3.31. The van der Waals surface area contributed by atoms with Crippen LogP contribution in [-0.2, 0) is 0 Å². The number of aromatic nitrogens is 1. The lowest BCUT2D eigenvalue weighted by Crippen LogP contribution is -2.32. The number of hydrogen-bond donors (Lipinski definition) is 0. The molecule has 0 amide bonds. The summed E-state index contributed by atoms with van der Waals surface area (Å²) in [4.78, 5) is 17.4. The standard InChI is InChI=1S/C19H21NO2/c1-12-11-19(2,3)18(21)15-8-9-16(20-17(12)15)13-6-5-7-14(10-13)22-4/h5-10,12H,11H2,1-4H3. The van der Waals surface area contributed by atoms with Crippen molar-refractivity contribution in [2.45, 2.75) is 33.1 Å². The van der Waals surface area contributed by atoms with Crippen molar-refractivity contribution in [3.63, 3.8) is 0 Å². The number of pyridine rings is 1. The summed E-state index contributed by atoms with van der Waals surface area (Å²) in [5, 5.41) is 0. The van der Waals surface area contributed by atoms with E-state index >= 15 is 0 Å². The van der Waals surface area contributed by atoms with Crippen molar-refractivity contribution < 1.29 is 9.53 Å². The van der Waals surface area contributed by atoms with Crippen LogP contribution in [-0.4, -0.2) is 17.9 Å². The first kappa shape index (κ1) is 14.8. The van der Waals surface area contributed by atoms with Gasteiger partial charge in [-0.15, -0.1) is 0 Å². The van der Waals surface area contributed by atoms with Gasteiger partial charge in [0.05, 0.1) is 18.5 Å². The van der Waals surface area contributed by atoms with Crippen LogP contribution in [0.2, 0.25) is 0 Å². The maximum absolute atomic E-state index is 12.6. The van der Waals surface area contributed by atoms with Crippen molar-refractivity contribution in [2.75, 3.05) is 7.11 Å². The summed E-state index contributed by atoms with van der Waals surface area (Å²) in [5.41, 5.74) is 3.29. The number of fused-ring (bicyclic) bond motifs is 1. The van der Waals surface area contributed by atoms with Gasteiger partial charge in [-0.25, -0.2) is 0 Å². The van der Waals surface area contributed by atoms with E-state index in [0.717, 1.165) is 34.7 Å². The number of ether oxygens (including phenoxy) is 1. The van der Waals surface area contributed by atoms with Crippen molar-refractivity contribution in [3.8, 4) is 17.0 Å². The Morgan fingerprint density at radius 1 is 1.23 bits per heavy atom. The largest absolute Gasteiger partial charge is 0.497 e. The van der Waals surface area contributed by atoms with Crippen LogP contribution in [0, 0.1) is 5.41 Å². The van der Waals surface area contributed by atoms with Gasteiger partial charge in [0.15, 0.2) is 5.78 Å². The Labute approximate surface area is 131 Å². The molecule has 0 spiro atoms. The van der Waals surface area contributed by atoms with Crippen LogP contribution in [0.15, 0.2) is 36.4 Å². The molecule has 1 aromatic carbocycles. The first-order valence-corrected chi connectivity index (χ1v) is 7.62. The van der Waals surface area contributed by atoms with E-state index < -0.39 is 0 Å². The molecule has 0 bridgehead atoms. The Bertz CT molecular complexity index is 734. The number of rotatable bonds is 2. The topological polar surface area (TPSA) is 39.2 Å². The van der Waals surface area contributed by atoms with Crippen LogP contribution < -0.4 is 4.74 Å². The Balaban J connectivity index is 2.08. The van der Waals surface area contributed by atoms with E-state index in [1.54, 1.807) is 7.11 Å². The summed E-state index contributed by atoms with van der Waals surface area (Å²) in [6.07, 6.45) is 0.841. The van der Waals surface area contributed by atoms with Gasteiger partial charge in [0, 0.05) is 22.5 Å². The highest BCUT2D eigenvalue weighted by atomic mass is 16.5. The molecular formula is C19H21NO2.